The molecule has 0 unspecified atom stereocenters. The fraction of sp³-hybridized carbons (Fsp3) is 0.250. The van der Waals surface area contributed by atoms with Gasteiger partial charge in [0.05, 0.1) is 35.0 Å². The number of hydrogen-bond donors (Lipinski definition) is 3. The lowest BCUT2D eigenvalue weighted by Crippen LogP contribution is -2.50. The van der Waals surface area contributed by atoms with Crippen molar-refractivity contribution in [2.24, 2.45) is 11.6 Å². The maximum Gasteiger partial charge on any atom is 0.327 e. The van der Waals surface area contributed by atoms with Crippen molar-refractivity contribution >= 4 is 40.1 Å². The van der Waals surface area contributed by atoms with Crippen molar-refractivity contribution in [2.75, 3.05) is 42.7 Å². The molecule has 3 aromatic heterocycles. The Balaban J connectivity index is 1.34. The zero-order valence-corrected chi connectivity index (χ0v) is 22.9. The number of rotatable bonds is 9. The Labute approximate surface area is 240 Å². The van der Waals surface area contributed by atoms with Crippen molar-refractivity contribution in [2.45, 2.75) is 13.5 Å². The third kappa shape index (κ3) is 5.51. The molecule has 1 aliphatic heterocycles. The van der Waals surface area contributed by atoms with E-state index in [4.69, 9.17) is 16.3 Å². The molecule has 4 heterocycles. The zero-order chi connectivity index (χ0) is 29.8. The Hall–Kier alpha value is -5.24. The molecule has 218 valence electrons. The van der Waals surface area contributed by atoms with E-state index in [0.717, 1.165) is 22.5 Å². The first kappa shape index (κ1) is 28.3. The lowest BCUT2D eigenvalue weighted by molar-refractivity contribution is -0.144. The summed E-state index contributed by atoms with van der Waals surface area (Å²) in [6.07, 6.45) is 6.49. The van der Waals surface area contributed by atoms with E-state index in [9.17, 15) is 18.8 Å². The summed E-state index contributed by atoms with van der Waals surface area (Å²) in [7, 11) is 0. The minimum Gasteiger partial charge on any atom is -0.465 e. The normalized spacial score (nSPS) is 13.6. The molecule has 1 fully saturated rings. The van der Waals surface area contributed by atoms with Crippen molar-refractivity contribution in [3.63, 3.8) is 0 Å². The third-order valence-electron chi connectivity index (χ3n) is 6.87. The van der Waals surface area contributed by atoms with Crippen LogP contribution in [0.25, 0.3) is 22.2 Å². The molecule has 0 saturated carbocycles. The van der Waals surface area contributed by atoms with Crippen LogP contribution in [0.3, 0.4) is 0 Å². The number of nitrogens with two attached hydrogens (primary N) is 2. The predicted octanol–water partition coefficient (Wildman–Crippen LogP) is 1.77. The number of Topliss-reactive ketones (excluding diaryl/α,β-unsaturated/α-hetero) is 1. The number of esters is 1. The average molecular weight is 576 g/mol. The van der Waals surface area contributed by atoms with E-state index in [-0.39, 0.29) is 48.5 Å². The van der Waals surface area contributed by atoms with Crippen LogP contribution in [-0.4, -0.2) is 75.1 Å². The number of aromatic nitrogens is 4. The molecule has 14 heteroatoms. The number of ether oxygens (including phenoxy) is 1. The predicted molar refractivity (Wildman–Crippen MR) is 153 cm³/mol. The van der Waals surface area contributed by atoms with Crippen LogP contribution in [0.4, 0.5) is 15.9 Å². The number of amides is 1. The highest BCUT2D eigenvalue weighted by Crippen LogP contribution is 2.31. The molecule has 4 aromatic rings. The van der Waals surface area contributed by atoms with Gasteiger partial charge in [-0.3, -0.25) is 24.1 Å². The first-order valence-corrected chi connectivity index (χ1v) is 13.3. The summed E-state index contributed by atoms with van der Waals surface area (Å²) < 4.78 is 21.4. The lowest BCUT2D eigenvalue weighted by Gasteiger charge is -2.35. The molecule has 0 bridgehead atoms. The number of carbonyl (C=O) groups is 3. The molecule has 1 saturated heterocycles. The van der Waals surface area contributed by atoms with E-state index < -0.39 is 23.5 Å². The minimum atomic E-state index is -0.851. The first-order valence-electron chi connectivity index (χ1n) is 13.3. The van der Waals surface area contributed by atoms with Gasteiger partial charge in [0, 0.05) is 56.5 Å². The fourth-order valence-electron chi connectivity index (χ4n) is 4.91. The monoisotopic (exact) mass is 575 g/mol. The van der Waals surface area contributed by atoms with E-state index in [1.807, 2.05) is 30.3 Å². The Kier molecular flexibility index (Phi) is 8.15. The maximum atomic E-state index is 14.8. The number of piperazine rings is 1. The molecule has 13 nitrogen and oxygen atoms in total. The number of ketones is 1. The molecule has 5 N–H and O–H groups in total. The molecule has 0 spiro atoms. The lowest BCUT2D eigenvalue weighted by atomic mass is 10.1. The summed E-state index contributed by atoms with van der Waals surface area (Å²) in [5.74, 6) is 3.26. The highest BCUT2D eigenvalue weighted by Gasteiger charge is 2.31. The molecule has 0 atom stereocenters. The van der Waals surface area contributed by atoms with Gasteiger partial charge >= 0.3 is 5.97 Å². The summed E-state index contributed by atoms with van der Waals surface area (Å²) in [5, 5.41) is 5.63. The molecule has 1 aromatic carbocycles. The van der Waals surface area contributed by atoms with Gasteiger partial charge in [0.25, 0.3) is 11.7 Å². The number of hydrazine groups is 1. The van der Waals surface area contributed by atoms with Crippen molar-refractivity contribution < 1.29 is 23.5 Å². The molecule has 42 heavy (non-hydrogen) atoms. The van der Waals surface area contributed by atoms with Crippen LogP contribution in [0.15, 0.2) is 61.3 Å². The number of nitrogens with one attached hydrogen (secondary N) is 1. The summed E-state index contributed by atoms with van der Waals surface area (Å²) in [4.78, 5) is 48.9. The van der Waals surface area contributed by atoms with E-state index in [1.165, 1.54) is 28.2 Å². The van der Waals surface area contributed by atoms with Gasteiger partial charge in [-0.05, 0) is 6.92 Å². The molecule has 1 amide bonds. The molecular weight excluding hydrogens is 545 g/mol. The second-order valence-electron chi connectivity index (χ2n) is 9.47. The number of H-pyrrole nitrogens is 1. The number of anilines is 2. The number of carbonyl (C=O) groups excluding carboxylic acids is 3. The Morgan fingerprint density at radius 2 is 1.90 bits per heavy atom. The Morgan fingerprint density at radius 1 is 1.17 bits per heavy atom. The van der Waals surface area contributed by atoms with Gasteiger partial charge < -0.3 is 25.3 Å². The number of halogens is 1. The zero-order valence-electron chi connectivity index (χ0n) is 22.9. The van der Waals surface area contributed by atoms with Crippen molar-refractivity contribution in [3.8, 4) is 11.3 Å². The van der Waals surface area contributed by atoms with Gasteiger partial charge in [0.2, 0.25) is 0 Å². The summed E-state index contributed by atoms with van der Waals surface area (Å²) in [6.45, 7) is 3.29. The van der Waals surface area contributed by atoms with Crippen molar-refractivity contribution in [1.29, 1.82) is 0 Å². The number of aromatic amines is 1. The minimum absolute atomic E-state index is 0.0382. The average Bonchev–Trinajstić information content (AvgIpc) is 3.63. The third-order valence-corrected chi connectivity index (χ3v) is 6.87. The van der Waals surface area contributed by atoms with Crippen LogP contribution in [0.1, 0.15) is 17.3 Å². The van der Waals surface area contributed by atoms with Crippen molar-refractivity contribution in [1.82, 2.24) is 24.6 Å². The topological polar surface area (TPSA) is 169 Å². The van der Waals surface area contributed by atoms with E-state index in [0.29, 0.717) is 18.8 Å². The Morgan fingerprint density at radius 3 is 2.60 bits per heavy atom. The Bertz CT molecular complexity index is 1640. The quantitative estimate of drug-likeness (QED) is 0.0879. The first-order chi connectivity index (χ1) is 20.3. The van der Waals surface area contributed by atoms with Crippen LogP contribution in [-0.2, 0) is 20.9 Å². The van der Waals surface area contributed by atoms with Crippen LogP contribution >= 0.6 is 0 Å². The highest BCUT2D eigenvalue weighted by molar-refractivity contribution is 6.45. The van der Waals surface area contributed by atoms with E-state index in [1.54, 1.807) is 13.1 Å². The van der Waals surface area contributed by atoms with Gasteiger partial charge in [-0.1, -0.05) is 30.3 Å². The number of fused-ring (bicyclic) bond motifs is 1. The van der Waals surface area contributed by atoms with Gasteiger partial charge in [-0.15, -0.1) is 0 Å². The number of nitrogens with zero attached hydrogens (tertiary/aromatic N) is 6. The maximum absolute atomic E-state index is 14.8. The van der Waals surface area contributed by atoms with Gasteiger partial charge in [0.15, 0.2) is 11.6 Å². The smallest absolute Gasteiger partial charge is 0.327 e. The van der Waals surface area contributed by atoms with E-state index in [2.05, 4.69) is 20.0 Å². The number of pyridine rings is 1. The molecule has 0 radical (unpaired) electrons. The molecular formula is C28H30FN9O4. The van der Waals surface area contributed by atoms with Crippen LogP contribution in [0.2, 0.25) is 0 Å². The largest absolute Gasteiger partial charge is 0.465 e. The molecule has 1 aliphatic rings. The van der Waals surface area contributed by atoms with E-state index >= 15 is 0 Å². The van der Waals surface area contributed by atoms with Crippen LogP contribution in [0.5, 0.6) is 0 Å². The standard InChI is InChI=1S/C28H30FN9O4/c1-2-42-22(39)17-37-16-21(24(34-37)18-6-4-3-5-7-18)35-10-12-36(13-11-35)28(41)26(40)19-14-32-25-23(19)20(29)15-33-27(25)38(31)9-8-30/h3-9,14-16,32H,2,10-13,17,30-31H2,1H3/b9-8-. The summed E-state index contributed by atoms with van der Waals surface area (Å²) >= 11 is 0. The van der Waals surface area contributed by atoms with Gasteiger partial charge in [-0.25, -0.2) is 15.2 Å². The van der Waals surface area contributed by atoms with Gasteiger partial charge in [-0.2, -0.15) is 5.10 Å². The number of benzene rings is 1. The fourth-order valence-corrected chi connectivity index (χ4v) is 4.91. The summed E-state index contributed by atoms with van der Waals surface area (Å²) in [6, 6.07) is 9.56. The van der Waals surface area contributed by atoms with Gasteiger partial charge in [0.1, 0.15) is 12.2 Å². The number of hydrogen-bond acceptors (Lipinski definition) is 10. The second-order valence-corrected chi connectivity index (χ2v) is 9.47. The van der Waals surface area contributed by atoms with Crippen molar-refractivity contribution in [3.05, 3.63) is 72.7 Å². The van der Waals surface area contributed by atoms with Crippen LogP contribution < -0.4 is 21.5 Å². The molecule has 0 aliphatic carbocycles. The second kappa shape index (κ2) is 12.1. The highest BCUT2D eigenvalue weighted by atomic mass is 19.1. The summed E-state index contributed by atoms with van der Waals surface area (Å²) in [5.41, 5.74) is 7.78. The molecule has 5 rings (SSSR count). The SMILES string of the molecule is CCOC(=O)Cn1cc(N2CCN(C(=O)C(=O)c3c[nH]c4c(N(N)/C=C\N)ncc(F)c34)CC2)c(-c2ccccc2)n1. The van der Waals surface area contributed by atoms with Crippen LogP contribution in [0, 0.1) is 5.82 Å².